The number of carbonyl (C=O) groups is 1. The Morgan fingerprint density at radius 3 is 2.85 bits per heavy atom. The molecule has 1 N–H and O–H groups in total. The molecule has 0 saturated carbocycles. The summed E-state index contributed by atoms with van der Waals surface area (Å²) in [6.45, 7) is 3.51. The van der Waals surface area contributed by atoms with E-state index in [-0.39, 0.29) is 24.1 Å². The molecule has 1 aromatic heterocycles. The summed E-state index contributed by atoms with van der Waals surface area (Å²) < 4.78 is 25.2. The second-order valence-corrected chi connectivity index (χ2v) is 8.20. The van der Waals surface area contributed by atoms with Gasteiger partial charge in [0, 0.05) is 12.7 Å². The number of ether oxygens (including phenoxy) is 2. The predicted molar refractivity (Wildman–Crippen MR) is 126 cm³/mol. The lowest BCUT2D eigenvalue weighted by Crippen LogP contribution is -2.13. The molecular formula is C27H29FN2O3. The third-order valence-electron chi connectivity index (χ3n) is 5.85. The van der Waals surface area contributed by atoms with Crippen molar-refractivity contribution in [2.75, 3.05) is 25.1 Å². The lowest BCUT2D eigenvalue weighted by atomic mass is 9.89. The minimum atomic E-state index is -0.264. The van der Waals surface area contributed by atoms with Crippen LogP contribution in [0.4, 0.5) is 10.2 Å². The number of hydrogen-bond donors (Lipinski definition) is 1. The molecule has 33 heavy (non-hydrogen) atoms. The van der Waals surface area contributed by atoms with Crippen molar-refractivity contribution in [1.29, 1.82) is 0 Å². The van der Waals surface area contributed by atoms with Crippen molar-refractivity contribution in [2.24, 2.45) is 0 Å². The number of nitrogens with one attached hydrogen (secondary N) is 1. The molecule has 3 aromatic rings. The largest absolute Gasteiger partial charge is 0.494 e. The lowest BCUT2D eigenvalue weighted by molar-refractivity contribution is -0.143. The van der Waals surface area contributed by atoms with Gasteiger partial charge in [-0.05, 0) is 90.8 Å². The molecular weight excluding hydrogens is 419 g/mol. The number of aromatic nitrogens is 1. The van der Waals surface area contributed by atoms with Crippen molar-refractivity contribution in [3.05, 3.63) is 88.9 Å². The van der Waals surface area contributed by atoms with Crippen LogP contribution in [0.25, 0.3) is 0 Å². The van der Waals surface area contributed by atoms with Gasteiger partial charge in [-0.15, -0.1) is 0 Å². The highest BCUT2D eigenvalue weighted by atomic mass is 19.1. The van der Waals surface area contributed by atoms with Crippen LogP contribution in [-0.2, 0) is 22.4 Å². The van der Waals surface area contributed by atoms with Gasteiger partial charge in [-0.1, -0.05) is 18.2 Å². The monoisotopic (exact) mass is 448 g/mol. The molecule has 1 unspecified atom stereocenters. The Hall–Kier alpha value is -3.41. The number of hydrogen-bond acceptors (Lipinski definition) is 5. The summed E-state index contributed by atoms with van der Waals surface area (Å²) in [7, 11) is 0. The summed E-state index contributed by atoms with van der Waals surface area (Å²) in [4.78, 5) is 16.4. The zero-order valence-electron chi connectivity index (χ0n) is 18.9. The summed E-state index contributed by atoms with van der Waals surface area (Å²) in [5.41, 5.74) is 4.20. The molecule has 1 aliphatic rings. The quantitative estimate of drug-likeness (QED) is 0.356. The zero-order chi connectivity index (χ0) is 23.0. The van der Waals surface area contributed by atoms with E-state index in [1.165, 1.54) is 6.07 Å². The maximum Gasteiger partial charge on any atom is 0.306 e. The van der Waals surface area contributed by atoms with E-state index in [2.05, 4.69) is 16.4 Å². The van der Waals surface area contributed by atoms with Gasteiger partial charge >= 0.3 is 5.97 Å². The van der Waals surface area contributed by atoms with E-state index in [1.54, 1.807) is 19.2 Å². The first kappa shape index (κ1) is 22.8. The number of rotatable bonds is 9. The molecule has 172 valence electrons. The molecule has 1 atom stereocenters. The van der Waals surface area contributed by atoms with Crippen molar-refractivity contribution in [3.63, 3.8) is 0 Å². The number of pyridine rings is 1. The van der Waals surface area contributed by atoms with Gasteiger partial charge < -0.3 is 14.8 Å². The van der Waals surface area contributed by atoms with E-state index in [9.17, 15) is 9.18 Å². The zero-order valence-corrected chi connectivity index (χ0v) is 18.9. The first-order valence-corrected chi connectivity index (χ1v) is 11.5. The fourth-order valence-electron chi connectivity index (χ4n) is 4.31. The van der Waals surface area contributed by atoms with Gasteiger partial charge in [0.25, 0.3) is 0 Å². The molecule has 1 heterocycles. The molecule has 0 amide bonds. The van der Waals surface area contributed by atoms with E-state index in [0.29, 0.717) is 26.1 Å². The highest BCUT2D eigenvalue weighted by molar-refractivity contribution is 5.71. The Balaban J connectivity index is 1.43. The van der Waals surface area contributed by atoms with Crippen LogP contribution in [0.15, 0.2) is 60.8 Å². The predicted octanol–water partition coefficient (Wildman–Crippen LogP) is 5.29. The van der Waals surface area contributed by atoms with Crippen LogP contribution >= 0.6 is 0 Å². The van der Waals surface area contributed by atoms with Crippen molar-refractivity contribution >= 4 is 11.8 Å². The van der Waals surface area contributed by atoms with Gasteiger partial charge in [0.05, 0.1) is 19.6 Å². The maximum atomic E-state index is 14.0. The summed E-state index contributed by atoms with van der Waals surface area (Å²) >= 11 is 0. The van der Waals surface area contributed by atoms with Crippen molar-refractivity contribution < 1.29 is 18.7 Å². The average molecular weight is 449 g/mol. The maximum absolute atomic E-state index is 14.0. The van der Waals surface area contributed by atoms with Crippen LogP contribution in [-0.4, -0.2) is 30.7 Å². The number of fused-ring (bicyclic) bond motifs is 2. The standard InChI is InChI=1S/C27H29FN2O3/c1-2-32-27(31)18-22-14-19-7-9-24(33-13-5-12-30-26-6-3-4-11-29-26)17-20(19)15-21-16-23(28)8-10-25(21)22/h3-4,6-11,16-17,22H,2,5,12-15,18H2,1H3,(H,29,30). The first-order chi connectivity index (χ1) is 16.1. The van der Waals surface area contributed by atoms with Crippen molar-refractivity contribution in [1.82, 2.24) is 4.98 Å². The van der Waals surface area contributed by atoms with E-state index in [4.69, 9.17) is 9.47 Å². The molecule has 2 aromatic carbocycles. The number of anilines is 1. The Morgan fingerprint density at radius 1 is 1.12 bits per heavy atom. The van der Waals surface area contributed by atoms with Gasteiger partial charge in [-0.3, -0.25) is 4.79 Å². The van der Waals surface area contributed by atoms with Crippen LogP contribution in [0.2, 0.25) is 0 Å². The van der Waals surface area contributed by atoms with Crippen LogP contribution < -0.4 is 10.1 Å². The molecule has 0 fully saturated rings. The van der Waals surface area contributed by atoms with Crippen molar-refractivity contribution in [2.45, 2.75) is 38.5 Å². The molecule has 6 heteroatoms. The molecule has 0 aliphatic heterocycles. The molecule has 5 nitrogen and oxygen atoms in total. The molecule has 4 rings (SSSR count). The first-order valence-electron chi connectivity index (χ1n) is 11.5. The van der Waals surface area contributed by atoms with Crippen LogP contribution in [0.3, 0.4) is 0 Å². The average Bonchev–Trinajstić information content (AvgIpc) is 2.95. The number of benzene rings is 2. The van der Waals surface area contributed by atoms with E-state index in [1.807, 2.05) is 36.4 Å². The minimum absolute atomic E-state index is 0.0367. The Morgan fingerprint density at radius 2 is 2.03 bits per heavy atom. The fraction of sp³-hybridized carbons (Fsp3) is 0.333. The number of nitrogens with zero attached hydrogens (tertiary/aromatic N) is 1. The van der Waals surface area contributed by atoms with E-state index >= 15 is 0 Å². The highest BCUT2D eigenvalue weighted by Crippen LogP contribution is 2.36. The normalized spacial score (nSPS) is 14.5. The summed E-state index contributed by atoms with van der Waals surface area (Å²) in [5.74, 6) is 1.13. The van der Waals surface area contributed by atoms with Gasteiger partial charge in [0.15, 0.2) is 0 Å². The van der Waals surface area contributed by atoms with Crippen molar-refractivity contribution in [3.8, 4) is 5.75 Å². The highest BCUT2D eigenvalue weighted by Gasteiger charge is 2.25. The third-order valence-corrected chi connectivity index (χ3v) is 5.85. The summed E-state index contributed by atoms with van der Waals surface area (Å²) in [6, 6.07) is 16.7. The molecule has 0 spiro atoms. The smallest absolute Gasteiger partial charge is 0.306 e. The van der Waals surface area contributed by atoms with Gasteiger partial charge in [-0.2, -0.15) is 0 Å². The number of carbonyl (C=O) groups excluding carboxylic acids is 1. The second kappa shape index (κ2) is 10.9. The van der Waals surface area contributed by atoms with E-state index in [0.717, 1.165) is 46.8 Å². The summed E-state index contributed by atoms with van der Waals surface area (Å²) in [6.07, 6.45) is 4.20. The van der Waals surface area contributed by atoms with Gasteiger partial charge in [-0.25, -0.2) is 9.37 Å². The lowest BCUT2D eigenvalue weighted by Gasteiger charge is -2.17. The van der Waals surface area contributed by atoms with Gasteiger partial charge in [0.1, 0.15) is 17.4 Å². The third kappa shape index (κ3) is 6.09. The molecule has 0 bridgehead atoms. The van der Waals surface area contributed by atoms with Gasteiger partial charge in [0.2, 0.25) is 0 Å². The molecule has 0 saturated heterocycles. The van der Waals surface area contributed by atoms with E-state index < -0.39 is 0 Å². The fourth-order valence-corrected chi connectivity index (χ4v) is 4.31. The molecule has 0 radical (unpaired) electrons. The summed E-state index contributed by atoms with van der Waals surface area (Å²) in [5, 5.41) is 3.27. The Labute approximate surface area is 194 Å². The SMILES string of the molecule is CCOC(=O)CC1Cc2ccc(OCCCNc3ccccn3)cc2Cc2cc(F)ccc21. The number of halogens is 1. The van der Waals surface area contributed by atoms with Crippen LogP contribution in [0.1, 0.15) is 47.9 Å². The molecule has 1 aliphatic carbocycles. The Kier molecular flexibility index (Phi) is 7.55. The van der Waals surface area contributed by atoms with Crippen LogP contribution in [0, 0.1) is 5.82 Å². The Bertz CT molecular complexity index is 1090. The topological polar surface area (TPSA) is 60.5 Å². The number of esters is 1. The van der Waals surface area contributed by atoms with Crippen LogP contribution in [0.5, 0.6) is 5.75 Å². The second-order valence-electron chi connectivity index (χ2n) is 8.20. The minimum Gasteiger partial charge on any atom is -0.494 e.